The van der Waals surface area contributed by atoms with Gasteiger partial charge >= 0.3 is 5.97 Å². The monoisotopic (exact) mass is 410 g/mol. The average molecular weight is 410 g/mol. The summed E-state index contributed by atoms with van der Waals surface area (Å²) in [6.07, 6.45) is 4.19. The van der Waals surface area contributed by atoms with E-state index in [1.165, 1.54) is 0 Å². The lowest BCUT2D eigenvalue weighted by Gasteiger charge is -2.19. The van der Waals surface area contributed by atoms with Gasteiger partial charge in [-0.1, -0.05) is 31.0 Å². The molecule has 1 aliphatic heterocycles. The highest BCUT2D eigenvalue weighted by Crippen LogP contribution is 2.21. The number of carbonyl (C=O) groups is 3. The van der Waals surface area contributed by atoms with Crippen molar-refractivity contribution >= 4 is 17.8 Å². The second kappa shape index (κ2) is 11.0. The van der Waals surface area contributed by atoms with Crippen LogP contribution in [0, 0.1) is 0 Å². The molecule has 1 aliphatic rings. The molecule has 2 amide bonds. The molecule has 7 heteroatoms. The van der Waals surface area contributed by atoms with Gasteiger partial charge in [-0.25, -0.2) is 0 Å². The molecule has 3 rings (SSSR count). The van der Waals surface area contributed by atoms with Gasteiger partial charge in [-0.3, -0.25) is 14.4 Å². The van der Waals surface area contributed by atoms with E-state index in [1.54, 1.807) is 29.2 Å². The zero-order valence-corrected chi connectivity index (χ0v) is 16.8. The van der Waals surface area contributed by atoms with Gasteiger partial charge in [0, 0.05) is 18.7 Å². The Bertz CT molecular complexity index is 844. The maximum Gasteiger partial charge on any atom is 0.325 e. The summed E-state index contributed by atoms with van der Waals surface area (Å²) in [6, 6.07) is 15.9. The maximum absolute atomic E-state index is 12.2. The van der Waals surface area contributed by atoms with Gasteiger partial charge in [0.1, 0.15) is 18.0 Å². The van der Waals surface area contributed by atoms with Gasteiger partial charge in [-0.15, -0.1) is 0 Å². The summed E-state index contributed by atoms with van der Waals surface area (Å²) in [6.45, 7) is 0.822. The van der Waals surface area contributed by atoms with E-state index >= 15 is 0 Å². The quantitative estimate of drug-likeness (QED) is 0.709. The third-order valence-corrected chi connectivity index (χ3v) is 4.80. The Kier molecular flexibility index (Phi) is 7.83. The van der Waals surface area contributed by atoms with E-state index < -0.39 is 11.9 Å². The molecule has 0 atom stereocenters. The summed E-state index contributed by atoms with van der Waals surface area (Å²) in [5, 5.41) is 2.50. The van der Waals surface area contributed by atoms with Gasteiger partial charge < -0.3 is 19.7 Å². The van der Waals surface area contributed by atoms with Gasteiger partial charge in [0.15, 0.2) is 6.61 Å². The van der Waals surface area contributed by atoms with E-state index in [2.05, 4.69) is 5.32 Å². The number of hydrogen-bond acceptors (Lipinski definition) is 5. The minimum Gasteiger partial charge on any atom is -0.457 e. The maximum atomic E-state index is 12.2. The third kappa shape index (κ3) is 6.62. The predicted molar refractivity (Wildman–Crippen MR) is 111 cm³/mol. The molecule has 158 valence electrons. The van der Waals surface area contributed by atoms with Gasteiger partial charge in [0.2, 0.25) is 0 Å². The highest BCUT2D eigenvalue weighted by molar-refractivity contribution is 5.96. The second-order valence-corrected chi connectivity index (χ2v) is 7.08. The van der Waals surface area contributed by atoms with E-state index in [0.717, 1.165) is 25.7 Å². The van der Waals surface area contributed by atoms with E-state index in [1.807, 2.05) is 30.3 Å². The Morgan fingerprint density at radius 3 is 2.13 bits per heavy atom. The Morgan fingerprint density at radius 1 is 0.833 bits per heavy atom. The van der Waals surface area contributed by atoms with E-state index in [4.69, 9.17) is 9.47 Å². The molecule has 2 aromatic rings. The average Bonchev–Trinajstić information content (AvgIpc) is 3.07. The van der Waals surface area contributed by atoms with Crippen molar-refractivity contribution < 1.29 is 23.9 Å². The summed E-state index contributed by atoms with van der Waals surface area (Å²) in [5.74, 6) is 0.0644. The molecule has 2 aromatic carbocycles. The molecule has 0 bridgehead atoms. The normalized spacial score (nSPS) is 13.8. The van der Waals surface area contributed by atoms with Crippen LogP contribution in [0.25, 0.3) is 0 Å². The molecule has 0 aromatic heterocycles. The lowest BCUT2D eigenvalue weighted by molar-refractivity contribution is -0.151. The van der Waals surface area contributed by atoms with Crippen molar-refractivity contribution in [3.05, 3.63) is 60.2 Å². The summed E-state index contributed by atoms with van der Waals surface area (Å²) < 4.78 is 10.7. The van der Waals surface area contributed by atoms with Crippen molar-refractivity contribution in [2.24, 2.45) is 0 Å². The standard InChI is InChI=1S/C23H26N2O5/c26-21(25-14-6-1-2-7-15-25)17-29-22(27)16-24-23(28)18-10-12-20(13-11-18)30-19-8-4-3-5-9-19/h3-5,8-13H,1-2,6-7,14-17H2,(H,24,28). The van der Waals surface area contributed by atoms with E-state index in [-0.39, 0.29) is 19.1 Å². The van der Waals surface area contributed by atoms with E-state index in [9.17, 15) is 14.4 Å². The van der Waals surface area contributed by atoms with Crippen molar-refractivity contribution in [1.29, 1.82) is 0 Å². The minimum atomic E-state index is -0.643. The first-order valence-corrected chi connectivity index (χ1v) is 10.2. The van der Waals surface area contributed by atoms with Crippen molar-refractivity contribution in [3.63, 3.8) is 0 Å². The molecule has 0 spiro atoms. The summed E-state index contributed by atoms with van der Waals surface area (Å²) in [7, 11) is 0. The zero-order valence-electron chi connectivity index (χ0n) is 16.8. The van der Waals surface area contributed by atoms with Crippen molar-refractivity contribution in [2.75, 3.05) is 26.2 Å². The minimum absolute atomic E-state index is 0.189. The second-order valence-electron chi connectivity index (χ2n) is 7.08. The highest BCUT2D eigenvalue weighted by Gasteiger charge is 2.17. The van der Waals surface area contributed by atoms with Crippen molar-refractivity contribution in [3.8, 4) is 11.5 Å². The molecule has 0 aliphatic carbocycles. The molecule has 1 N–H and O–H groups in total. The highest BCUT2D eigenvalue weighted by atomic mass is 16.5. The number of rotatable bonds is 7. The van der Waals surface area contributed by atoms with Gasteiger partial charge in [-0.05, 0) is 49.2 Å². The van der Waals surface area contributed by atoms with Crippen LogP contribution in [0.4, 0.5) is 0 Å². The van der Waals surface area contributed by atoms with Gasteiger partial charge in [0.25, 0.3) is 11.8 Å². The van der Waals surface area contributed by atoms with Crippen LogP contribution >= 0.6 is 0 Å². The number of nitrogens with zero attached hydrogens (tertiary/aromatic N) is 1. The predicted octanol–water partition coefficient (Wildman–Crippen LogP) is 3.15. The Morgan fingerprint density at radius 2 is 1.47 bits per heavy atom. The topological polar surface area (TPSA) is 84.9 Å². The number of ether oxygens (including phenoxy) is 2. The number of nitrogens with one attached hydrogen (secondary N) is 1. The lowest BCUT2D eigenvalue weighted by Crippen LogP contribution is -2.37. The first-order chi connectivity index (χ1) is 14.6. The zero-order chi connectivity index (χ0) is 21.2. The Balaban J connectivity index is 1.40. The van der Waals surface area contributed by atoms with Crippen molar-refractivity contribution in [2.45, 2.75) is 25.7 Å². The first kappa shape index (κ1) is 21.4. The third-order valence-electron chi connectivity index (χ3n) is 4.80. The number of hydrogen-bond donors (Lipinski definition) is 1. The Hall–Kier alpha value is -3.35. The summed E-state index contributed by atoms with van der Waals surface area (Å²) in [5.41, 5.74) is 0.392. The SMILES string of the molecule is O=C(CNC(=O)c1ccc(Oc2ccccc2)cc1)OCC(=O)N1CCCCCC1. The molecular formula is C23H26N2O5. The molecule has 0 radical (unpaired) electrons. The van der Waals surface area contributed by atoms with Crippen LogP contribution in [-0.2, 0) is 14.3 Å². The lowest BCUT2D eigenvalue weighted by atomic mass is 10.2. The molecule has 1 heterocycles. The largest absolute Gasteiger partial charge is 0.457 e. The fourth-order valence-electron chi connectivity index (χ4n) is 3.16. The molecular weight excluding hydrogens is 384 g/mol. The molecule has 0 saturated carbocycles. The molecule has 1 saturated heterocycles. The summed E-state index contributed by atoms with van der Waals surface area (Å²) in [4.78, 5) is 37.9. The number of para-hydroxylation sites is 1. The number of carbonyl (C=O) groups excluding carboxylic acids is 3. The summed E-state index contributed by atoms with van der Waals surface area (Å²) >= 11 is 0. The van der Waals surface area contributed by atoms with Crippen LogP contribution in [0.5, 0.6) is 11.5 Å². The smallest absolute Gasteiger partial charge is 0.325 e. The molecule has 1 fully saturated rings. The van der Waals surface area contributed by atoms with Crippen LogP contribution < -0.4 is 10.1 Å². The number of amides is 2. The van der Waals surface area contributed by atoms with Crippen LogP contribution in [0.2, 0.25) is 0 Å². The molecule has 0 unspecified atom stereocenters. The Labute approximate surface area is 176 Å². The van der Waals surface area contributed by atoms with Crippen LogP contribution in [0.15, 0.2) is 54.6 Å². The van der Waals surface area contributed by atoms with Crippen LogP contribution in [0.3, 0.4) is 0 Å². The van der Waals surface area contributed by atoms with Crippen molar-refractivity contribution in [1.82, 2.24) is 10.2 Å². The number of esters is 1. The van der Waals surface area contributed by atoms with Crippen LogP contribution in [0.1, 0.15) is 36.0 Å². The molecule has 7 nitrogen and oxygen atoms in total. The van der Waals surface area contributed by atoms with Gasteiger partial charge in [-0.2, -0.15) is 0 Å². The fourth-order valence-corrected chi connectivity index (χ4v) is 3.16. The van der Waals surface area contributed by atoms with Gasteiger partial charge in [0.05, 0.1) is 0 Å². The van der Waals surface area contributed by atoms with E-state index in [0.29, 0.717) is 30.2 Å². The first-order valence-electron chi connectivity index (χ1n) is 10.2. The number of benzene rings is 2. The number of likely N-dealkylation sites (tertiary alicyclic amines) is 1. The fraction of sp³-hybridized carbons (Fsp3) is 0.348. The van der Waals surface area contributed by atoms with Crippen LogP contribution in [-0.4, -0.2) is 48.9 Å². The molecule has 30 heavy (non-hydrogen) atoms.